The SMILES string of the molecule is CC(=O)OCCCCCN(Cc1ccccc1)/C(=C(\N)c1ccc(F)cc1)c1ccncc1. The van der Waals surface area contributed by atoms with Gasteiger partial charge in [0.05, 0.1) is 18.0 Å². The van der Waals surface area contributed by atoms with E-state index in [4.69, 9.17) is 10.5 Å². The number of nitrogens with zero attached hydrogens (tertiary/aromatic N) is 2. The molecular weight excluding hydrogens is 417 g/mol. The molecule has 3 aromatic rings. The minimum absolute atomic E-state index is 0.254. The van der Waals surface area contributed by atoms with Gasteiger partial charge in [-0.25, -0.2) is 4.39 Å². The fourth-order valence-electron chi connectivity index (χ4n) is 3.66. The molecule has 0 radical (unpaired) electrons. The van der Waals surface area contributed by atoms with Gasteiger partial charge in [-0.15, -0.1) is 0 Å². The Balaban J connectivity index is 1.91. The van der Waals surface area contributed by atoms with Crippen LogP contribution in [0.25, 0.3) is 11.4 Å². The molecule has 3 rings (SSSR count). The fourth-order valence-corrected chi connectivity index (χ4v) is 3.66. The van der Waals surface area contributed by atoms with E-state index >= 15 is 0 Å². The number of benzene rings is 2. The van der Waals surface area contributed by atoms with Crippen LogP contribution in [0, 0.1) is 5.82 Å². The third-order valence-electron chi connectivity index (χ3n) is 5.27. The molecule has 2 N–H and O–H groups in total. The summed E-state index contributed by atoms with van der Waals surface area (Å²) in [6, 6.07) is 20.3. The molecule has 1 aromatic heterocycles. The van der Waals surface area contributed by atoms with Crippen LogP contribution in [0.15, 0.2) is 79.1 Å². The zero-order valence-electron chi connectivity index (χ0n) is 18.9. The van der Waals surface area contributed by atoms with E-state index in [1.165, 1.54) is 19.1 Å². The van der Waals surface area contributed by atoms with E-state index < -0.39 is 0 Å². The number of esters is 1. The number of aromatic nitrogens is 1. The Kier molecular flexibility index (Phi) is 9.00. The summed E-state index contributed by atoms with van der Waals surface area (Å²) in [7, 11) is 0. The minimum Gasteiger partial charge on any atom is -0.466 e. The summed E-state index contributed by atoms with van der Waals surface area (Å²) < 4.78 is 18.6. The normalized spacial score (nSPS) is 11.6. The number of ether oxygens (including phenoxy) is 1. The molecule has 0 fully saturated rings. The predicted molar refractivity (Wildman–Crippen MR) is 129 cm³/mol. The van der Waals surface area contributed by atoms with Gasteiger partial charge in [-0.05, 0) is 66.8 Å². The lowest BCUT2D eigenvalue weighted by Gasteiger charge is -2.30. The van der Waals surface area contributed by atoms with Gasteiger partial charge >= 0.3 is 5.97 Å². The average Bonchev–Trinajstić information content (AvgIpc) is 2.83. The molecular formula is C27H30FN3O2. The van der Waals surface area contributed by atoms with Crippen molar-refractivity contribution in [1.29, 1.82) is 0 Å². The molecule has 172 valence electrons. The van der Waals surface area contributed by atoms with E-state index in [1.807, 2.05) is 30.3 Å². The van der Waals surface area contributed by atoms with Crippen LogP contribution in [0.5, 0.6) is 0 Å². The van der Waals surface area contributed by atoms with Crippen LogP contribution in [0.2, 0.25) is 0 Å². The van der Waals surface area contributed by atoms with Gasteiger partial charge in [-0.1, -0.05) is 30.3 Å². The summed E-state index contributed by atoms with van der Waals surface area (Å²) in [5, 5.41) is 0. The molecule has 0 aliphatic rings. The van der Waals surface area contributed by atoms with Crippen molar-refractivity contribution in [2.75, 3.05) is 13.2 Å². The van der Waals surface area contributed by atoms with E-state index in [0.717, 1.165) is 48.2 Å². The number of pyridine rings is 1. The predicted octanol–water partition coefficient (Wildman–Crippen LogP) is 5.24. The summed E-state index contributed by atoms with van der Waals surface area (Å²) in [5.74, 6) is -0.554. The fraction of sp³-hybridized carbons (Fsp3) is 0.259. The zero-order valence-corrected chi connectivity index (χ0v) is 18.9. The van der Waals surface area contributed by atoms with Crippen molar-refractivity contribution in [2.45, 2.75) is 32.7 Å². The van der Waals surface area contributed by atoms with Crippen molar-refractivity contribution in [3.05, 3.63) is 102 Å². The molecule has 5 nitrogen and oxygen atoms in total. The summed E-state index contributed by atoms with van der Waals surface area (Å²) >= 11 is 0. The monoisotopic (exact) mass is 447 g/mol. The highest BCUT2D eigenvalue weighted by Gasteiger charge is 2.17. The third-order valence-corrected chi connectivity index (χ3v) is 5.27. The summed E-state index contributed by atoms with van der Waals surface area (Å²) in [6.45, 7) is 3.28. The second-order valence-corrected chi connectivity index (χ2v) is 7.81. The largest absolute Gasteiger partial charge is 0.466 e. The average molecular weight is 448 g/mol. The third kappa shape index (κ3) is 7.45. The Hall–Kier alpha value is -3.67. The second-order valence-electron chi connectivity index (χ2n) is 7.81. The van der Waals surface area contributed by atoms with E-state index in [-0.39, 0.29) is 11.8 Å². The second kappa shape index (κ2) is 12.4. The Labute approximate surface area is 194 Å². The number of hydrogen-bond acceptors (Lipinski definition) is 5. The summed E-state index contributed by atoms with van der Waals surface area (Å²) in [4.78, 5) is 17.4. The Morgan fingerprint density at radius 3 is 2.30 bits per heavy atom. The van der Waals surface area contributed by atoms with Crippen LogP contribution in [-0.2, 0) is 16.1 Å². The maximum atomic E-state index is 13.5. The van der Waals surface area contributed by atoms with Crippen LogP contribution in [0.4, 0.5) is 4.39 Å². The number of halogens is 1. The maximum Gasteiger partial charge on any atom is 0.302 e. The number of nitrogens with two attached hydrogens (primary N) is 1. The van der Waals surface area contributed by atoms with Gasteiger partial charge in [0.1, 0.15) is 5.82 Å². The van der Waals surface area contributed by atoms with Crippen LogP contribution in [0.3, 0.4) is 0 Å². The van der Waals surface area contributed by atoms with Gasteiger partial charge in [0, 0.05) is 38.0 Å². The first-order chi connectivity index (χ1) is 16.0. The van der Waals surface area contributed by atoms with Crippen molar-refractivity contribution in [3.63, 3.8) is 0 Å². The lowest BCUT2D eigenvalue weighted by molar-refractivity contribution is -0.141. The molecule has 0 saturated carbocycles. The van der Waals surface area contributed by atoms with E-state index in [2.05, 4.69) is 22.0 Å². The molecule has 0 aliphatic carbocycles. The van der Waals surface area contributed by atoms with Crippen LogP contribution < -0.4 is 5.73 Å². The molecule has 2 aromatic carbocycles. The minimum atomic E-state index is -0.300. The summed E-state index contributed by atoms with van der Waals surface area (Å²) in [6.07, 6.45) is 6.11. The number of unbranched alkanes of at least 4 members (excludes halogenated alkanes) is 2. The number of rotatable bonds is 11. The van der Waals surface area contributed by atoms with E-state index in [1.54, 1.807) is 24.5 Å². The van der Waals surface area contributed by atoms with Crippen molar-refractivity contribution in [2.24, 2.45) is 5.73 Å². The summed E-state index contributed by atoms with van der Waals surface area (Å²) in [5.41, 5.74) is 11.0. The van der Waals surface area contributed by atoms with Gasteiger partial charge in [0.2, 0.25) is 0 Å². The number of carbonyl (C=O) groups is 1. The molecule has 6 heteroatoms. The lowest BCUT2D eigenvalue weighted by atomic mass is 10.0. The topological polar surface area (TPSA) is 68.5 Å². The van der Waals surface area contributed by atoms with E-state index in [0.29, 0.717) is 18.8 Å². The first-order valence-corrected chi connectivity index (χ1v) is 11.1. The number of carbonyl (C=O) groups excluding carboxylic acids is 1. The first kappa shape index (κ1) is 24.0. The molecule has 0 amide bonds. The molecule has 0 bridgehead atoms. The van der Waals surface area contributed by atoms with Crippen LogP contribution >= 0.6 is 0 Å². The molecule has 0 unspecified atom stereocenters. The highest BCUT2D eigenvalue weighted by Crippen LogP contribution is 2.28. The smallest absolute Gasteiger partial charge is 0.302 e. The zero-order chi connectivity index (χ0) is 23.5. The van der Waals surface area contributed by atoms with Gasteiger partial charge < -0.3 is 15.4 Å². The molecule has 0 atom stereocenters. The Morgan fingerprint density at radius 2 is 1.64 bits per heavy atom. The molecule has 0 aliphatic heterocycles. The standard InChI is InChI=1S/C27H30FN3O2/c1-21(32)33-19-7-3-6-18-31(20-22-8-4-2-5-9-22)27(24-14-16-30-17-15-24)26(29)23-10-12-25(28)13-11-23/h2,4-5,8-17H,3,6-7,18-20,29H2,1H3/b27-26-. The van der Waals surface area contributed by atoms with Crippen molar-refractivity contribution in [3.8, 4) is 0 Å². The Morgan fingerprint density at radius 1 is 0.939 bits per heavy atom. The van der Waals surface area contributed by atoms with Crippen molar-refractivity contribution in [1.82, 2.24) is 9.88 Å². The van der Waals surface area contributed by atoms with Crippen LogP contribution in [0.1, 0.15) is 42.9 Å². The molecule has 0 saturated heterocycles. The number of hydrogen-bond donors (Lipinski definition) is 1. The van der Waals surface area contributed by atoms with E-state index in [9.17, 15) is 9.18 Å². The highest BCUT2D eigenvalue weighted by molar-refractivity contribution is 5.88. The van der Waals surface area contributed by atoms with Crippen molar-refractivity contribution < 1.29 is 13.9 Å². The van der Waals surface area contributed by atoms with Crippen LogP contribution in [-0.4, -0.2) is 29.0 Å². The highest BCUT2D eigenvalue weighted by atomic mass is 19.1. The quantitative estimate of drug-likeness (QED) is 0.322. The van der Waals surface area contributed by atoms with Gasteiger partial charge in [-0.2, -0.15) is 0 Å². The molecule has 0 spiro atoms. The van der Waals surface area contributed by atoms with Gasteiger partial charge in [-0.3, -0.25) is 9.78 Å². The van der Waals surface area contributed by atoms with Crippen molar-refractivity contribution >= 4 is 17.4 Å². The first-order valence-electron chi connectivity index (χ1n) is 11.1. The molecule has 33 heavy (non-hydrogen) atoms. The Bertz CT molecular complexity index is 1040. The van der Waals surface area contributed by atoms with Gasteiger partial charge in [0.25, 0.3) is 0 Å². The molecule has 1 heterocycles. The lowest BCUT2D eigenvalue weighted by Crippen LogP contribution is -2.26. The maximum absolute atomic E-state index is 13.5. The van der Waals surface area contributed by atoms with Gasteiger partial charge in [0.15, 0.2) is 0 Å².